The summed E-state index contributed by atoms with van der Waals surface area (Å²) >= 11 is 11.9. The predicted octanol–water partition coefficient (Wildman–Crippen LogP) is 5.04. The Morgan fingerprint density at radius 2 is 1.89 bits per heavy atom. The number of aromatic nitrogens is 2. The van der Waals surface area contributed by atoms with Crippen molar-refractivity contribution in [1.29, 1.82) is 0 Å². The van der Waals surface area contributed by atoms with Gasteiger partial charge in [-0.3, -0.25) is 4.79 Å². The second-order valence-electron chi connectivity index (χ2n) is 6.27. The number of nitrogens with one attached hydrogen (secondary N) is 1. The van der Waals surface area contributed by atoms with Gasteiger partial charge in [-0.1, -0.05) is 41.4 Å². The molecule has 0 saturated carbocycles. The van der Waals surface area contributed by atoms with Crippen LogP contribution in [0, 0.1) is 6.92 Å². The van der Waals surface area contributed by atoms with Crippen LogP contribution >= 0.6 is 23.2 Å². The van der Waals surface area contributed by atoms with Gasteiger partial charge in [-0.25, -0.2) is 9.97 Å². The fourth-order valence-corrected chi connectivity index (χ4v) is 3.45. The molecule has 7 heteroatoms. The van der Waals surface area contributed by atoms with E-state index >= 15 is 0 Å². The first-order chi connectivity index (χ1) is 13.0. The lowest BCUT2D eigenvalue weighted by molar-refractivity contribution is 0.102. The molecule has 0 atom stereocenters. The van der Waals surface area contributed by atoms with Crippen molar-refractivity contribution in [2.75, 3.05) is 16.8 Å². The zero-order chi connectivity index (χ0) is 19.0. The van der Waals surface area contributed by atoms with Crippen LogP contribution in [0.2, 0.25) is 10.0 Å². The number of benzene rings is 2. The van der Waals surface area contributed by atoms with Crippen LogP contribution in [0.4, 0.5) is 17.2 Å². The van der Waals surface area contributed by atoms with E-state index in [2.05, 4.69) is 32.3 Å². The summed E-state index contributed by atoms with van der Waals surface area (Å²) in [7, 11) is 0. The lowest BCUT2D eigenvalue weighted by Crippen LogP contribution is -2.19. The molecule has 0 bridgehead atoms. The Balaban J connectivity index is 1.63. The molecule has 0 radical (unpaired) electrons. The molecule has 3 aromatic rings. The standard InChI is InChI=1S/C20H16Cl2N4O/c1-12-23-17(20(27)25-14-6-7-15(21)16(22)10-14)11-19(24-12)26-9-8-13-4-2-3-5-18(13)26/h2-7,10-11H,8-9H2,1H3,(H,25,27). The summed E-state index contributed by atoms with van der Waals surface area (Å²) in [6.07, 6.45) is 0.948. The first-order valence-corrected chi connectivity index (χ1v) is 9.24. The minimum absolute atomic E-state index is 0.299. The normalized spacial score (nSPS) is 12.8. The number of halogens is 2. The third-order valence-electron chi connectivity index (χ3n) is 4.40. The van der Waals surface area contributed by atoms with Crippen LogP contribution in [0.1, 0.15) is 21.9 Å². The summed E-state index contributed by atoms with van der Waals surface area (Å²) in [4.78, 5) is 23.6. The zero-order valence-electron chi connectivity index (χ0n) is 14.5. The number of amides is 1. The molecule has 0 spiro atoms. The molecule has 27 heavy (non-hydrogen) atoms. The van der Waals surface area contributed by atoms with Crippen LogP contribution in [0.25, 0.3) is 0 Å². The monoisotopic (exact) mass is 398 g/mol. The Kier molecular flexibility index (Phi) is 4.72. The van der Waals surface area contributed by atoms with E-state index in [1.54, 1.807) is 31.2 Å². The molecule has 0 unspecified atom stereocenters. The highest BCUT2D eigenvalue weighted by molar-refractivity contribution is 6.42. The smallest absolute Gasteiger partial charge is 0.274 e. The van der Waals surface area contributed by atoms with Gasteiger partial charge in [0.15, 0.2) is 0 Å². The summed E-state index contributed by atoms with van der Waals surface area (Å²) < 4.78 is 0. The van der Waals surface area contributed by atoms with Gasteiger partial charge < -0.3 is 10.2 Å². The van der Waals surface area contributed by atoms with Crippen LogP contribution in [0.3, 0.4) is 0 Å². The average molecular weight is 399 g/mol. The zero-order valence-corrected chi connectivity index (χ0v) is 16.1. The number of hydrogen-bond acceptors (Lipinski definition) is 4. The van der Waals surface area contributed by atoms with E-state index < -0.39 is 0 Å². The van der Waals surface area contributed by atoms with Crippen LogP contribution in [0.5, 0.6) is 0 Å². The third kappa shape index (κ3) is 3.61. The van der Waals surface area contributed by atoms with Crippen molar-refractivity contribution >= 4 is 46.3 Å². The molecular formula is C20H16Cl2N4O. The van der Waals surface area contributed by atoms with Crippen LogP contribution in [0.15, 0.2) is 48.5 Å². The van der Waals surface area contributed by atoms with Crippen molar-refractivity contribution in [3.8, 4) is 0 Å². The van der Waals surface area contributed by atoms with Gasteiger partial charge in [-0.15, -0.1) is 0 Å². The predicted molar refractivity (Wildman–Crippen MR) is 108 cm³/mol. The van der Waals surface area contributed by atoms with Crippen molar-refractivity contribution in [1.82, 2.24) is 9.97 Å². The summed E-state index contributed by atoms with van der Waals surface area (Å²) in [6, 6.07) is 14.9. The number of rotatable bonds is 3. The largest absolute Gasteiger partial charge is 0.326 e. The van der Waals surface area contributed by atoms with Crippen LogP contribution in [-0.4, -0.2) is 22.4 Å². The Morgan fingerprint density at radius 3 is 2.70 bits per heavy atom. The van der Waals surface area contributed by atoms with E-state index in [9.17, 15) is 4.79 Å². The maximum absolute atomic E-state index is 12.7. The van der Waals surface area contributed by atoms with E-state index in [0.717, 1.165) is 18.7 Å². The number of fused-ring (bicyclic) bond motifs is 1. The van der Waals surface area contributed by atoms with E-state index in [0.29, 0.717) is 33.1 Å². The highest BCUT2D eigenvalue weighted by Gasteiger charge is 2.22. The van der Waals surface area contributed by atoms with Gasteiger partial charge in [0.05, 0.1) is 10.0 Å². The quantitative estimate of drug-likeness (QED) is 0.671. The van der Waals surface area contributed by atoms with Gasteiger partial charge in [-0.05, 0) is 43.2 Å². The minimum Gasteiger partial charge on any atom is -0.326 e. The molecule has 2 heterocycles. The Morgan fingerprint density at radius 1 is 1.07 bits per heavy atom. The molecule has 0 aliphatic carbocycles. The molecule has 136 valence electrons. The second-order valence-corrected chi connectivity index (χ2v) is 7.09. The van der Waals surface area contributed by atoms with E-state index in [-0.39, 0.29) is 5.91 Å². The topological polar surface area (TPSA) is 58.1 Å². The molecule has 2 aromatic carbocycles. The summed E-state index contributed by atoms with van der Waals surface area (Å²) in [5, 5.41) is 3.61. The van der Waals surface area contributed by atoms with Crippen LogP contribution in [-0.2, 0) is 6.42 Å². The van der Waals surface area contributed by atoms with Crippen LogP contribution < -0.4 is 10.2 Å². The molecule has 1 aromatic heterocycles. The second kappa shape index (κ2) is 7.18. The summed E-state index contributed by atoms with van der Waals surface area (Å²) in [5.41, 5.74) is 3.24. The number of carbonyl (C=O) groups excluding carboxylic acids is 1. The number of para-hydroxylation sites is 1. The lowest BCUT2D eigenvalue weighted by atomic mass is 10.2. The molecular weight excluding hydrogens is 383 g/mol. The summed E-state index contributed by atoms with van der Waals surface area (Å²) in [5.74, 6) is 0.926. The molecule has 4 rings (SSSR count). The molecule has 1 aliphatic rings. The Labute approximate surface area is 167 Å². The van der Waals surface area contributed by atoms with Gasteiger partial charge in [0, 0.05) is 24.0 Å². The first-order valence-electron chi connectivity index (χ1n) is 8.49. The van der Waals surface area contributed by atoms with E-state index in [4.69, 9.17) is 23.2 Å². The van der Waals surface area contributed by atoms with Crippen molar-refractivity contribution in [3.05, 3.63) is 75.7 Å². The van der Waals surface area contributed by atoms with Gasteiger partial charge in [0.25, 0.3) is 5.91 Å². The van der Waals surface area contributed by atoms with Gasteiger partial charge in [0.1, 0.15) is 17.3 Å². The number of aryl methyl sites for hydroxylation is 1. The number of nitrogens with zero attached hydrogens (tertiary/aromatic N) is 3. The number of anilines is 3. The van der Waals surface area contributed by atoms with Crippen molar-refractivity contribution < 1.29 is 4.79 Å². The SMILES string of the molecule is Cc1nc(C(=O)Nc2ccc(Cl)c(Cl)c2)cc(N2CCc3ccccc32)n1. The molecule has 5 nitrogen and oxygen atoms in total. The van der Waals surface area contributed by atoms with Crippen molar-refractivity contribution in [3.63, 3.8) is 0 Å². The van der Waals surface area contributed by atoms with Gasteiger partial charge >= 0.3 is 0 Å². The summed E-state index contributed by atoms with van der Waals surface area (Å²) in [6.45, 7) is 2.60. The number of hydrogen-bond donors (Lipinski definition) is 1. The average Bonchev–Trinajstić information content (AvgIpc) is 3.08. The fraction of sp³-hybridized carbons (Fsp3) is 0.150. The third-order valence-corrected chi connectivity index (χ3v) is 5.14. The van der Waals surface area contributed by atoms with Crippen molar-refractivity contribution in [2.24, 2.45) is 0 Å². The first kappa shape index (κ1) is 17.8. The highest BCUT2D eigenvalue weighted by atomic mass is 35.5. The fourth-order valence-electron chi connectivity index (χ4n) is 3.15. The minimum atomic E-state index is -0.326. The highest BCUT2D eigenvalue weighted by Crippen LogP contribution is 2.33. The molecule has 0 saturated heterocycles. The van der Waals surface area contributed by atoms with E-state index in [1.165, 1.54) is 5.56 Å². The Hall–Kier alpha value is -2.63. The number of carbonyl (C=O) groups is 1. The van der Waals surface area contributed by atoms with Crippen molar-refractivity contribution in [2.45, 2.75) is 13.3 Å². The lowest BCUT2D eigenvalue weighted by Gasteiger charge is -2.19. The molecule has 1 amide bonds. The maximum atomic E-state index is 12.7. The molecule has 0 fully saturated rings. The van der Waals surface area contributed by atoms with Gasteiger partial charge in [0.2, 0.25) is 0 Å². The molecule has 1 N–H and O–H groups in total. The van der Waals surface area contributed by atoms with E-state index in [1.807, 2.05) is 12.1 Å². The van der Waals surface area contributed by atoms with Gasteiger partial charge in [-0.2, -0.15) is 0 Å². The molecule has 1 aliphatic heterocycles. The maximum Gasteiger partial charge on any atom is 0.274 e. The Bertz CT molecular complexity index is 1040.